The van der Waals surface area contributed by atoms with Crippen molar-refractivity contribution in [1.82, 2.24) is 10.6 Å². The molecule has 1 aliphatic heterocycles. The fourth-order valence-corrected chi connectivity index (χ4v) is 4.72. The van der Waals surface area contributed by atoms with Crippen LogP contribution in [0.3, 0.4) is 0 Å². The van der Waals surface area contributed by atoms with Crippen LogP contribution in [0.1, 0.15) is 30.1 Å². The monoisotopic (exact) mass is 358 g/mol. The third-order valence-corrected chi connectivity index (χ3v) is 5.84. The normalized spacial score (nSPS) is 22.5. The van der Waals surface area contributed by atoms with Crippen LogP contribution in [0.25, 0.3) is 0 Å². The molecule has 2 N–H and O–H groups in total. The first kappa shape index (κ1) is 17.7. The average molecular weight is 359 g/mol. The number of halogens is 1. The fraction of sp³-hybridized carbons (Fsp3) is 0.467. The second kappa shape index (κ2) is 6.88. The first-order valence-corrected chi connectivity index (χ1v) is 9.44. The van der Waals surface area contributed by atoms with Crippen LogP contribution in [0.5, 0.6) is 0 Å². The molecular weight excluding hydrogens is 340 g/mol. The molecular formula is C15H19ClN2O4S. The van der Waals surface area contributed by atoms with E-state index in [0.717, 1.165) is 0 Å². The maximum absolute atomic E-state index is 11.9. The predicted octanol–water partition coefficient (Wildman–Crippen LogP) is 1.15. The zero-order valence-electron chi connectivity index (χ0n) is 12.8. The molecule has 1 aromatic carbocycles. The van der Waals surface area contributed by atoms with Crippen molar-refractivity contribution in [2.75, 3.05) is 18.1 Å². The minimum Gasteiger partial charge on any atom is -0.352 e. The van der Waals surface area contributed by atoms with Gasteiger partial charge in [0.25, 0.3) is 5.91 Å². The second-order valence-corrected chi connectivity index (χ2v) is 8.58. The Balaban J connectivity index is 1.77. The van der Waals surface area contributed by atoms with Crippen molar-refractivity contribution in [1.29, 1.82) is 0 Å². The summed E-state index contributed by atoms with van der Waals surface area (Å²) in [6.45, 7) is 1.90. The number of nitrogens with one attached hydrogen (secondary N) is 2. The molecule has 1 atom stereocenters. The van der Waals surface area contributed by atoms with Crippen LogP contribution >= 0.6 is 11.6 Å². The standard InChI is InChI=1S/C15H19ClN2O4S/c1-15(7-9-23(21,22)10-15)18-13(19)6-8-17-14(20)11-2-4-12(16)5-3-11/h2-5H,6-10H2,1H3,(H,17,20)(H,18,19). The molecule has 0 aliphatic carbocycles. The zero-order valence-corrected chi connectivity index (χ0v) is 14.3. The highest BCUT2D eigenvalue weighted by Gasteiger charge is 2.39. The van der Waals surface area contributed by atoms with Crippen LogP contribution in [-0.4, -0.2) is 43.8 Å². The molecule has 1 aliphatic rings. The minimum atomic E-state index is -3.07. The lowest BCUT2D eigenvalue weighted by atomic mass is 10.0. The van der Waals surface area contributed by atoms with E-state index in [9.17, 15) is 18.0 Å². The molecule has 0 aromatic heterocycles. The molecule has 2 amide bonds. The van der Waals surface area contributed by atoms with Gasteiger partial charge in [0, 0.05) is 23.6 Å². The summed E-state index contributed by atoms with van der Waals surface area (Å²) in [6, 6.07) is 6.43. The van der Waals surface area contributed by atoms with E-state index < -0.39 is 15.4 Å². The molecule has 1 heterocycles. The number of carbonyl (C=O) groups is 2. The lowest BCUT2D eigenvalue weighted by molar-refractivity contribution is -0.122. The summed E-state index contributed by atoms with van der Waals surface area (Å²) in [4.78, 5) is 23.8. The number of rotatable bonds is 5. The average Bonchev–Trinajstić information content (AvgIpc) is 2.72. The summed E-state index contributed by atoms with van der Waals surface area (Å²) < 4.78 is 23.0. The van der Waals surface area contributed by atoms with E-state index in [4.69, 9.17) is 11.6 Å². The Kier molecular flexibility index (Phi) is 5.31. The van der Waals surface area contributed by atoms with Gasteiger partial charge in [0.05, 0.1) is 17.0 Å². The largest absolute Gasteiger partial charge is 0.352 e. The van der Waals surface area contributed by atoms with Crippen LogP contribution in [0.2, 0.25) is 5.02 Å². The van der Waals surface area contributed by atoms with Crippen molar-refractivity contribution in [3.63, 3.8) is 0 Å². The van der Waals surface area contributed by atoms with Gasteiger partial charge in [0.15, 0.2) is 9.84 Å². The fourth-order valence-electron chi connectivity index (χ4n) is 2.50. The summed E-state index contributed by atoms with van der Waals surface area (Å²) in [5, 5.41) is 5.93. The molecule has 1 saturated heterocycles. The van der Waals surface area contributed by atoms with Crippen LogP contribution in [0, 0.1) is 0 Å². The SMILES string of the molecule is CC1(NC(=O)CCNC(=O)c2ccc(Cl)cc2)CCS(=O)(=O)C1. The van der Waals surface area contributed by atoms with Crippen molar-refractivity contribution < 1.29 is 18.0 Å². The number of hydrogen-bond donors (Lipinski definition) is 2. The molecule has 0 radical (unpaired) electrons. The summed E-state index contributed by atoms with van der Waals surface area (Å²) in [5.74, 6) is -0.509. The first-order chi connectivity index (χ1) is 10.7. The summed E-state index contributed by atoms with van der Waals surface area (Å²) in [7, 11) is -3.07. The van der Waals surface area contributed by atoms with Gasteiger partial charge < -0.3 is 10.6 Å². The van der Waals surface area contributed by atoms with E-state index in [1.165, 1.54) is 0 Å². The molecule has 0 saturated carbocycles. The lowest BCUT2D eigenvalue weighted by Crippen LogP contribution is -2.47. The number of carbonyl (C=O) groups excluding carboxylic acids is 2. The maximum atomic E-state index is 11.9. The Morgan fingerprint density at radius 3 is 2.48 bits per heavy atom. The Hall–Kier alpha value is -1.60. The Morgan fingerprint density at radius 2 is 1.91 bits per heavy atom. The molecule has 0 bridgehead atoms. The molecule has 1 aromatic rings. The molecule has 0 spiro atoms. The van der Waals surface area contributed by atoms with Gasteiger partial charge in [0.1, 0.15) is 0 Å². The van der Waals surface area contributed by atoms with Gasteiger partial charge in [-0.15, -0.1) is 0 Å². The Morgan fingerprint density at radius 1 is 1.26 bits per heavy atom. The Labute approximate surface area is 140 Å². The van der Waals surface area contributed by atoms with Gasteiger partial charge in [-0.05, 0) is 37.6 Å². The molecule has 6 nitrogen and oxygen atoms in total. The number of amides is 2. The van der Waals surface area contributed by atoms with E-state index in [2.05, 4.69) is 10.6 Å². The second-order valence-electron chi connectivity index (χ2n) is 5.96. The molecule has 8 heteroatoms. The van der Waals surface area contributed by atoms with Crippen LogP contribution < -0.4 is 10.6 Å². The van der Waals surface area contributed by atoms with Crippen molar-refractivity contribution in [3.8, 4) is 0 Å². The highest BCUT2D eigenvalue weighted by Crippen LogP contribution is 2.22. The van der Waals surface area contributed by atoms with E-state index >= 15 is 0 Å². The van der Waals surface area contributed by atoms with Gasteiger partial charge in [-0.25, -0.2) is 8.42 Å². The van der Waals surface area contributed by atoms with E-state index in [1.807, 2.05) is 0 Å². The topological polar surface area (TPSA) is 92.3 Å². The van der Waals surface area contributed by atoms with Crippen molar-refractivity contribution >= 4 is 33.3 Å². The van der Waals surface area contributed by atoms with E-state index in [0.29, 0.717) is 17.0 Å². The van der Waals surface area contributed by atoms with Crippen molar-refractivity contribution in [2.45, 2.75) is 25.3 Å². The van der Waals surface area contributed by atoms with Crippen LogP contribution in [-0.2, 0) is 14.6 Å². The summed E-state index contributed by atoms with van der Waals surface area (Å²) >= 11 is 5.75. The van der Waals surface area contributed by atoms with Gasteiger partial charge in [-0.3, -0.25) is 9.59 Å². The van der Waals surface area contributed by atoms with Crippen molar-refractivity contribution in [2.24, 2.45) is 0 Å². The highest BCUT2D eigenvalue weighted by molar-refractivity contribution is 7.91. The van der Waals surface area contributed by atoms with Crippen molar-refractivity contribution in [3.05, 3.63) is 34.9 Å². The highest BCUT2D eigenvalue weighted by atomic mass is 35.5. The van der Waals surface area contributed by atoms with Crippen LogP contribution in [0.4, 0.5) is 0 Å². The number of benzene rings is 1. The van der Waals surface area contributed by atoms with Gasteiger partial charge in [-0.1, -0.05) is 11.6 Å². The first-order valence-electron chi connectivity index (χ1n) is 7.24. The van der Waals surface area contributed by atoms with Gasteiger partial charge in [0.2, 0.25) is 5.91 Å². The van der Waals surface area contributed by atoms with Gasteiger partial charge in [-0.2, -0.15) is 0 Å². The maximum Gasteiger partial charge on any atom is 0.251 e. The third kappa shape index (κ3) is 5.21. The number of hydrogen-bond acceptors (Lipinski definition) is 4. The lowest BCUT2D eigenvalue weighted by Gasteiger charge is -2.23. The minimum absolute atomic E-state index is 0.0388. The summed E-state index contributed by atoms with van der Waals surface area (Å²) in [5.41, 5.74) is -0.250. The predicted molar refractivity (Wildman–Crippen MR) is 88.2 cm³/mol. The summed E-state index contributed by atoms with van der Waals surface area (Å²) in [6.07, 6.45) is 0.507. The van der Waals surface area contributed by atoms with E-state index in [-0.39, 0.29) is 36.3 Å². The molecule has 2 rings (SSSR count). The van der Waals surface area contributed by atoms with Gasteiger partial charge >= 0.3 is 0 Å². The van der Waals surface area contributed by atoms with E-state index in [1.54, 1.807) is 31.2 Å². The number of sulfone groups is 1. The third-order valence-electron chi connectivity index (χ3n) is 3.69. The Bertz CT molecular complexity index is 703. The molecule has 23 heavy (non-hydrogen) atoms. The quantitative estimate of drug-likeness (QED) is 0.826. The molecule has 126 valence electrons. The molecule has 1 unspecified atom stereocenters. The molecule has 1 fully saturated rings. The van der Waals surface area contributed by atoms with Crippen LogP contribution in [0.15, 0.2) is 24.3 Å². The smallest absolute Gasteiger partial charge is 0.251 e. The zero-order chi connectivity index (χ0) is 17.1.